The molecule has 0 aliphatic heterocycles. The Hall–Kier alpha value is -2.77. The third kappa shape index (κ3) is 2.46. The van der Waals surface area contributed by atoms with Gasteiger partial charge in [-0.05, 0) is 18.6 Å². The Bertz CT molecular complexity index is 1340. The number of halogens is 1. The molecule has 1 aromatic carbocycles. The second-order valence-corrected chi connectivity index (χ2v) is 7.55. The lowest BCUT2D eigenvalue weighted by molar-refractivity contribution is 0.699. The lowest BCUT2D eigenvalue weighted by Gasteiger charge is -2.11. The van der Waals surface area contributed by atoms with Gasteiger partial charge in [-0.2, -0.15) is 4.52 Å². The summed E-state index contributed by atoms with van der Waals surface area (Å²) in [6.07, 6.45) is 2.51. The van der Waals surface area contributed by atoms with Crippen LogP contribution in [0.4, 0.5) is 0 Å². The van der Waals surface area contributed by atoms with Crippen LogP contribution in [0.15, 0.2) is 53.5 Å². The third-order valence-electron chi connectivity index (χ3n) is 4.56. The molecule has 5 rings (SSSR count). The molecule has 134 valence electrons. The number of aromatic nitrogens is 5. The Kier molecular flexibility index (Phi) is 3.91. The maximum absolute atomic E-state index is 13.1. The van der Waals surface area contributed by atoms with Gasteiger partial charge < -0.3 is 4.57 Å². The summed E-state index contributed by atoms with van der Waals surface area (Å²) in [6.45, 7) is 0.664. The SMILES string of the molecule is O=c1c2sc3ncccc3c2n(CCCCl)c2c(-c3ccccc3)nnn12. The van der Waals surface area contributed by atoms with Crippen LogP contribution in [0.25, 0.3) is 37.3 Å². The quantitative estimate of drug-likeness (QED) is 0.432. The number of pyridine rings is 1. The number of fused-ring (bicyclic) bond motifs is 4. The molecule has 0 saturated carbocycles. The van der Waals surface area contributed by atoms with Crippen LogP contribution >= 0.6 is 22.9 Å². The Morgan fingerprint density at radius 2 is 1.96 bits per heavy atom. The minimum absolute atomic E-state index is 0.167. The van der Waals surface area contributed by atoms with E-state index in [9.17, 15) is 4.79 Å². The summed E-state index contributed by atoms with van der Waals surface area (Å²) in [6, 6.07) is 13.7. The summed E-state index contributed by atoms with van der Waals surface area (Å²) in [5, 5.41) is 9.46. The molecule has 0 saturated heterocycles. The van der Waals surface area contributed by atoms with Gasteiger partial charge in [-0.3, -0.25) is 4.79 Å². The first-order valence-corrected chi connectivity index (χ1v) is 9.91. The van der Waals surface area contributed by atoms with Crippen LogP contribution in [0, 0.1) is 0 Å². The molecule has 0 spiro atoms. The first-order valence-electron chi connectivity index (χ1n) is 8.56. The summed E-state index contributed by atoms with van der Waals surface area (Å²) in [4.78, 5) is 18.4. The number of hydrogen-bond donors (Lipinski definition) is 0. The fourth-order valence-electron chi connectivity index (χ4n) is 3.41. The zero-order valence-corrected chi connectivity index (χ0v) is 15.7. The monoisotopic (exact) mass is 395 g/mol. The molecule has 0 unspecified atom stereocenters. The molecule has 0 bridgehead atoms. The molecule has 0 atom stereocenters. The number of nitrogens with zero attached hydrogens (tertiary/aromatic N) is 5. The van der Waals surface area contributed by atoms with Gasteiger partial charge in [0, 0.05) is 29.6 Å². The minimum Gasteiger partial charge on any atom is -0.322 e. The molecule has 6 nitrogen and oxygen atoms in total. The maximum Gasteiger partial charge on any atom is 0.293 e. The van der Waals surface area contributed by atoms with Crippen molar-refractivity contribution in [2.24, 2.45) is 0 Å². The van der Waals surface area contributed by atoms with E-state index in [4.69, 9.17) is 11.6 Å². The van der Waals surface area contributed by atoms with Crippen molar-refractivity contribution in [2.45, 2.75) is 13.0 Å². The molecular formula is C19H14ClN5OS. The van der Waals surface area contributed by atoms with Crippen LogP contribution in [0.3, 0.4) is 0 Å². The topological polar surface area (TPSA) is 65.1 Å². The highest BCUT2D eigenvalue weighted by Crippen LogP contribution is 2.33. The van der Waals surface area contributed by atoms with Crippen LogP contribution in [-0.4, -0.2) is 30.3 Å². The molecule has 0 radical (unpaired) electrons. The largest absolute Gasteiger partial charge is 0.322 e. The van der Waals surface area contributed by atoms with Crippen molar-refractivity contribution in [1.29, 1.82) is 0 Å². The number of aryl methyl sites for hydroxylation is 1. The van der Waals surface area contributed by atoms with Crippen molar-refractivity contribution >= 4 is 49.0 Å². The molecular weight excluding hydrogens is 382 g/mol. The molecule has 8 heteroatoms. The average Bonchev–Trinajstić information content (AvgIpc) is 3.32. The molecule has 4 heterocycles. The standard InChI is InChI=1S/C19H14ClN5OS/c20-9-5-11-24-15-13-8-4-10-21-17(13)27-16(15)19(26)25-18(24)14(22-23-25)12-6-2-1-3-7-12/h1-4,6-8,10H,5,9,11H2. The average molecular weight is 396 g/mol. The van der Waals surface area contributed by atoms with Gasteiger partial charge in [0.2, 0.25) is 0 Å². The molecule has 5 aromatic rings. The Labute approximate surface area is 162 Å². The normalized spacial score (nSPS) is 11.7. The third-order valence-corrected chi connectivity index (χ3v) is 5.92. The van der Waals surface area contributed by atoms with E-state index in [1.807, 2.05) is 42.5 Å². The molecule has 0 N–H and O–H groups in total. The smallest absolute Gasteiger partial charge is 0.293 e. The lowest BCUT2D eigenvalue weighted by Crippen LogP contribution is -2.19. The number of thiophene rings is 1. The van der Waals surface area contributed by atoms with Crippen molar-refractivity contribution in [3.8, 4) is 11.3 Å². The minimum atomic E-state index is -0.167. The summed E-state index contributed by atoms with van der Waals surface area (Å²) in [5.74, 6) is 0.530. The Balaban J connectivity index is 1.98. The summed E-state index contributed by atoms with van der Waals surface area (Å²) in [7, 11) is 0. The van der Waals surface area contributed by atoms with Crippen molar-refractivity contribution in [1.82, 2.24) is 24.4 Å². The van der Waals surface area contributed by atoms with E-state index < -0.39 is 0 Å². The van der Waals surface area contributed by atoms with Gasteiger partial charge in [-0.15, -0.1) is 28.0 Å². The van der Waals surface area contributed by atoms with Crippen LogP contribution < -0.4 is 5.56 Å². The molecule has 27 heavy (non-hydrogen) atoms. The summed E-state index contributed by atoms with van der Waals surface area (Å²) < 4.78 is 4.14. The predicted octanol–water partition coefficient (Wildman–Crippen LogP) is 3.95. The second-order valence-electron chi connectivity index (χ2n) is 6.17. The van der Waals surface area contributed by atoms with Gasteiger partial charge in [-0.25, -0.2) is 4.98 Å². The Morgan fingerprint density at radius 3 is 2.78 bits per heavy atom. The highest BCUT2D eigenvalue weighted by molar-refractivity contribution is 7.25. The van der Waals surface area contributed by atoms with Crippen molar-refractivity contribution in [2.75, 3.05) is 5.88 Å². The van der Waals surface area contributed by atoms with Crippen LogP contribution in [0.1, 0.15) is 6.42 Å². The van der Waals surface area contributed by atoms with Gasteiger partial charge in [0.25, 0.3) is 5.56 Å². The molecule has 0 fully saturated rings. The van der Waals surface area contributed by atoms with Crippen LogP contribution in [-0.2, 0) is 6.54 Å². The zero-order valence-electron chi connectivity index (χ0n) is 14.2. The number of benzene rings is 1. The predicted molar refractivity (Wildman–Crippen MR) is 109 cm³/mol. The van der Waals surface area contributed by atoms with Crippen LogP contribution in [0.2, 0.25) is 0 Å². The number of alkyl halides is 1. The van der Waals surface area contributed by atoms with E-state index in [1.54, 1.807) is 6.20 Å². The highest BCUT2D eigenvalue weighted by Gasteiger charge is 2.21. The van der Waals surface area contributed by atoms with E-state index in [0.717, 1.165) is 27.7 Å². The number of hydrogen-bond acceptors (Lipinski definition) is 5. The fourth-order valence-corrected chi connectivity index (χ4v) is 4.60. The van der Waals surface area contributed by atoms with Crippen molar-refractivity contribution in [3.05, 3.63) is 59.0 Å². The maximum atomic E-state index is 13.1. The first kappa shape index (κ1) is 16.4. The van der Waals surface area contributed by atoms with E-state index in [0.29, 0.717) is 28.5 Å². The van der Waals surface area contributed by atoms with Gasteiger partial charge in [0.15, 0.2) is 5.65 Å². The van der Waals surface area contributed by atoms with E-state index in [1.165, 1.54) is 15.9 Å². The van der Waals surface area contributed by atoms with E-state index in [2.05, 4.69) is 19.9 Å². The zero-order chi connectivity index (χ0) is 18.4. The van der Waals surface area contributed by atoms with Crippen molar-refractivity contribution < 1.29 is 0 Å². The summed E-state index contributed by atoms with van der Waals surface area (Å²) >= 11 is 7.37. The first-order chi connectivity index (χ1) is 13.3. The van der Waals surface area contributed by atoms with Crippen molar-refractivity contribution in [3.63, 3.8) is 0 Å². The van der Waals surface area contributed by atoms with Gasteiger partial charge in [0.1, 0.15) is 15.2 Å². The second kappa shape index (κ2) is 6.44. The van der Waals surface area contributed by atoms with Gasteiger partial charge in [-0.1, -0.05) is 35.5 Å². The Morgan fingerprint density at radius 1 is 1.11 bits per heavy atom. The highest BCUT2D eigenvalue weighted by atomic mass is 35.5. The van der Waals surface area contributed by atoms with E-state index >= 15 is 0 Å². The molecule has 0 amide bonds. The van der Waals surface area contributed by atoms with Gasteiger partial charge >= 0.3 is 0 Å². The lowest BCUT2D eigenvalue weighted by atomic mass is 10.1. The van der Waals surface area contributed by atoms with E-state index in [-0.39, 0.29) is 5.56 Å². The fraction of sp³-hybridized carbons (Fsp3) is 0.158. The van der Waals surface area contributed by atoms with Gasteiger partial charge in [0.05, 0.1) is 5.52 Å². The molecule has 0 aliphatic rings. The van der Waals surface area contributed by atoms with Crippen LogP contribution in [0.5, 0.6) is 0 Å². The molecule has 0 aliphatic carbocycles. The summed E-state index contributed by atoms with van der Waals surface area (Å²) in [5.41, 5.74) is 3.01. The number of rotatable bonds is 4. The molecule has 4 aromatic heterocycles.